The third kappa shape index (κ3) is 6.31. The van der Waals surface area contributed by atoms with E-state index in [2.05, 4.69) is 15.0 Å². The van der Waals surface area contributed by atoms with Crippen LogP contribution in [-0.4, -0.2) is 89.5 Å². The predicted octanol–water partition coefficient (Wildman–Crippen LogP) is 1.18. The van der Waals surface area contributed by atoms with E-state index in [0.29, 0.717) is 36.8 Å². The molecule has 0 bridgehead atoms. The number of methoxy groups -OCH3 is 1. The molecular formula is C24H32N6O5. The van der Waals surface area contributed by atoms with Gasteiger partial charge in [0, 0.05) is 63.4 Å². The van der Waals surface area contributed by atoms with E-state index in [-0.39, 0.29) is 37.0 Å². The first-order chi connectivity index (χ1) is 16.9. The van der Waals surface area contributed by atoms with E-state index >= 15 is 0 Å². The molecule has 11 nitrogen and oxygen atoms in total. The average Bonchev–Trinajstić information content (AvgIpc) is 2.87. The van der Waals surface area contributed by atoms with Crippen LogP contribution in [0.4, 0.5) is 5.82 Å². The highest BCUT2D eigenvalue weighted by atomic mass is 16.5. The molecule has 0 radical (unpaired) electrons. The zero-order chi connectivity index (χ0) is 25.4. The third-order valence-corrected chi connectivity index (χ3v) is 5.47. The molecule has 3 heterocycles. The normalized spacial score (nSPS) is 11.0. The number of aliphatic hydroxyl groups is 1. The summed E-state index contributed by atoms with van der Waals surface area (Å²) < 4.78 is 12.3. The van der Waals surface area contributed by atoms with Gasteiger partial charge in [-0.05, 0) is 18.6 Å². The predicted molar refractivity (Wildman–Crippen MR) is 133 cm³/mol. The SMILES string of the molecule is CCCOCCn1c(=O)c(N(C)CC(=O)N(C)CCO)nc2ncc(-c3ccc(OC)nc3)cc21. The van der Waals surface area contributed by atoms with Crippen molar-refractivity contribution in [3.63, 3.8) is 0 Å². The van der Waals surface area contributed by atoms with Crippen LogP contribution < -0.4 is 15.2 Å². The molecule has 3 aromatic rings. The Morgan fingerprint density at radius 1 is 1.14 bits per heavy atom. The van der Waals surface area contributed by atoms with E-state index in [1.54, 1.807) is 44.2 Å². The summed E-state index contributed by atoms with van der Waals surface area (Å²) in [6.07, 6.45) is 4.23. The lowest BCUT2D eigenvalue weighted by atomic mass is 10.1. The highest BCUT2D eigenvalue weighted by Crippen LogP contribution is 2.23. The van der Waals surface area contributed by atoms with Gasteiger partial charge >= 0.3 is 0 Å². The van der Waals surface area contributed by atoms with Gasteiger partial charge in [0.15, 0.2) is 11.5 Å². The maximum Gasteiger partial charge on any atom is 0.294 e. The molecule has 3 rings (SSSR count). The molecule has 0 fully saturated rings. The molecule has 0 saturated heterocycles. The zero-order valence-electron chi connectivity index (χ0n) is 20.6. The first-order valence-electron chi connectivity index (χ1n) is 11.4. The van der Waals surface area contributed by atoms with Crippen molar-refractivity contribution in [3.05, 3.63) is 40.9 Å². The van der Waals surface area contributed by atoms with Crippen molar-refractivity contribution in [2.45, 2.75) is 19.9 Å². The molecule has 35 heavy (non-hydrogen) atoms. The number of rotatable bonds is 12. The summed E-state index contributed by atoms with van der Waals surface area (Å²) in [7, 11) is 4.79. The number of likely N-dealkylation sites (N-methyl/N-ethyl adjacent to an activating group) is 2. The largest absolute Gasteiger partial charge is 0.481 e. The van der Waals surface area contributed by atoms with E-state index in [1.165, 1.54) is 9.80 Å². The maximum atomic E-state index is 13.5. The second kappa shape index (κ2) is 12.2. The molecule has 0 aliphatic carbocycles. The number of carbonyl (C=O) groups excluding carboxylic acids is 1. The molecule has 11 heteroatoms. The Morgan fingerprint density at radius 2 is 1.91 bits per heavy atom. The van der Waals surface area contributed by atoms with Crippen molar-refractivity contribution in [2.24, 2.45) is 0 Å². The lowest BCUT2D eigenvalue weighted by molar-refractivity contribution is -0.128. The van der Waals surface area contributed by atoms with Crippen LogP contribution in [0.3, 0.4) is 0 Å². The number of pyridine rings is 2. The monoisotopic (exact) mass is 484 g/mol. The zero-order valence-corrected chi connectivity index (χ0v) is 20.6. The van der Waals surface area contributed by atoms with Gasteiger partial charge in [-0.25, -0.2) is 15.0 Å². The number of fused-ring (bicyclic) bond motifs is 1. The minimum atomic E-state index is -0.343. The molecule has 1 N–H and O–H groups in total. The van der Waals surface area contributed by atoms with Crippen molar-refractivity contribution in [1.82, 2.24) is 24.4 Å². The second-order valence-corrected chi connectivity index (χ2v) is 8.06. The van der Waals surface area contributed by atoms with E-state index in [9.17, 15) is 9.59 Å². The summed E-state index contributed by atoms with van der Waals surface area (Å²) in [6.45, 7) is 3.28. The average molecular weight is 485 g/mol. The summed E-state index contributed by atoms with van der Waals surface area (Å²) in [5.74, 6) is 0.377. The summed E-state index contributed by atoms with van der Waals surface area (Å²) in [4.78, 5) is 42.1. The molecule has 0 unspecified atom stereocenters. The number of hydrogen-bond acceptors (Lipinski definition) is 9. The van der Waals surface area contributed by atoms with Gasteiger partial charge in [-0.3, -0.25) is 14.2 Å². The van der Waals surface area contributed by atoms with Crippen molar-refractivity contribution in [2.75, 3.05) is 59.0 Å². The summed E-state index contributed by atoms with van der Waals surface area (Å²) in [6, 6.07) is 5.47. The summed E-state index contributed by atoms with van der Waals surface area (Å²) in [5, 5.41) is 9.08. The second-order valence-electron chi connectivity index (χ2n) is 8.06. The van der Waals surface area contributed by atoms with Crippen molar-refractivity contribution < 1.29 is 19.4 Å². The number of anilines is 1. The topological polar surface area (TPSA) is 123 Å². The van der Waals surface area contributed by atoms with Gasteiger partial charge in [0.05, 0.1) is 32.4 Å². The Balaban J connectivity index is 2.02. The Kier molecular flexibility index (Phi) is 9.10. The fraction of sp³-hybridized carbons (Fsp3) is 0.458. The van der Waals surface area contributed by atoms with Gasteiger partial charge in [0.2, 0.25) is 11.8 Å². The molecule has 0 aliphatic heterocycles. The Hall–Kier alpha value is -3.57. The number of aromatic nitrogens is 4. The Labute approximate surface area is 204 Å². The molecule has 188 valence electrons. The van der Waals surface area contributed by atoms with Gasteiger partial charge in [0.1, 0.15) is 0 Å². The van der Waals surface area contributed by atoms with Crippen molar-refractivity contribution >= 4 is 22.9 Å². The number of nitrogens with zero attached hydrogens (tertiary/aromatic N) is 6. The quantitative estimate of drug-likeness (QED) is 0.377. The fourth-order valence-corrected chi connectivity index (χ4v) is 3.48. The number of ether oxygens (including phenoxy) is 2. The molecule has 1 amide bonds. The highest BCUT2D eigenvalue weighted by molar-refractivity contribution is 5.82. The molecule has 0 aromatic carbocycles. The van der Waals surface area contributed by atoms with E-state index < -0.39 is 0 Å². The van der Waals surface area contributed by atoms with Gasteiger partial charge in [-0.1, -0.05) is 6.92 Å². The molecule has 0 atom stereocenters. The third-order valence-electron chi connectivity index (χ3n) is 5.47. The minimum Gasteiger partial charge on any atom is -0.481 e. The Morgan fingerprint density at radius 3 is 2.57 bits per heavy atom. The fourth-order valence-electron chi connectivity index (χ4n) is 3.48. The van der Waals surface area contributed by atoms with E-state index in [4.69, 9.17) is 14.6 Å². The maximum absolute atomic E-state index is 13.5. The van der Waals surface area contributed by atoms with Crippen LogP contribution in [0, 0.1) is 0 Å². The molecule has 0 saturated carbocycles. The van der Waals surface area contributed by atoms with Crippen LogP contribution in [0.25, 0.3) is 22.3 Å². The minimum absolute atomic E-state index is 0.0633. The van der Waals surface area contributed by atoms with Crippen LogP contribution in [0.15, 0.2) is 35.4 Å². The smallest absolute Gasteiger partial charge is 0.294 e. The number of aliphatic hydroxyl groups excluding tert-OH is 1. The number of hydrogen-bond donors (Lipinski definition) is 1. The van der Waals surface area contributed by atoms with Crippen LogP contribution in [0.1, 0.15) is 13.3 Å². The van der Waals surface area contributed by atoms with E-state index in [1.807, 2.05) is 19.1 Å². The lowest BCUT2D eigenvalue weighted by Gasteiger charge is -2.22. The lowest BCUT2D eigenvalue weighted by Crippen LogP contribution is -2.41. The number of amides is 1. The van der Waals surface area contributed by atoms with Gasteiger partial charge < -0.3 is 24.4 Å². The van der Waals surface area contributed by atoms with E-state index in [0.717, 1.165) is 17.5 Å². The van der Waals surface area contributed by atoms with Crippen LogP contribution in [-0.2, 0) is 16.1 Å². The van der Waals surface area contributed by atoms with Gasteiger partial charge in [0.25, 0.3) is 5.56 Å². The van der Waals surface area contributed by atoms with Crippen LogP contribution in [0.5, 0.6) is 5.88 Å². The van der Waals surface area contributed by atoms with Crippen molar-refractivity contribution in [3.8, 4) is 17.0 Å². The van der Waals surface area contributed by atoms with Gasteiger partial charge in [-0.15, -0.1) is 0 Å². The number of carbonyl (C=O) groups is 1. The summed E-state index contributed by atoms with van der Waals surface area (Å²) in [5.41, 5.74) is 2.19. The standard InChI is InChI=1S/C24H32N6O5/c1-5-11-35-12-9-30-19-13-18(17-6-7-20(34-4)25-14-17)15-26-22(19)27-23(24(30)33)29(3)16-21(32)28(2)8-10-31/h6-7,13-15,31H,5,8-12,16H2,1-4H3. The van der Waals surface area contributed by atoms with Crippen molar-refractivity contribution in [1.29, 1.82) is 0 Å². The molecule has 3 aromatic heterocycles. The highest BCUT2D eigenvalue weighted by Gasteiger charge is 2.19. The molecule has 0 spiro atoms. The first kappa shape index (κ1) is 26.0. The first-order valence-corrected chi connectivity index (χ1v) is 11.4. The van der Waals surface area contributed by atoms with Crippen LogP contribution in [0.2, 0.25) is 0 Å². The molecule has 0 aliphatic rings. The Bertz CT molecular complexity index is 1200. The van der Waals surface area contributed by atoms with Crippen LogP contribution >= 0.6 is 0 Å². The van der Waals surface area contributed by atoms with Gasteiger partial charge in [-0.2, -0.15) is 0 Å². The molecular weight excluding hydrogens is 452 g/mol. The summed E-state index contributed by atoms with van der Waals surface area (Å²) >= 11 is 0.